The van der Waals surface area contributed by atoms with Gasteiger partial charge in [0.1, 0.15) is 5.75 Å². The molecule has 0 bridgehead atoms. The van der Waals surface area contributed by atoms with Crippen LogP contribution in [0.15, 0.2) is 47.4 Å². The monoisotopic (exact) mass is 344 g/mol. The molecule has 0 radical (unpaired) electrons. The second-order valence-electron chi connectivity index (χ2n) is 6.20. The lowest BCUT2D eigenvalue weighted by Gasteiger charge is -2.14. The Morgan fingerprint density at radius 3 is 2.38 bits per heavy atom. The lowest BCUT2D eigenvalue weighted by molar-refractivity contribution is 0.0818. The molecule has 1 aliphatic carbocycles. The molecule has 0 fully saturated rings. The summed E-state index contributed by atoms with van der Waals surface area (Å²) in [6.07, 6.45) is 3.78. The molecule has 3 rings (SSSR count). The fourth-order valence-electron chi connectivity index (χ4n) is 2.98. The Bertz CT molecular complexity index is 867. The van der Waals surface area contributed by atoms with Crippen LogP contribution in [0.2, 0.25) is 0 Å². The van der Waals surface area contributed by atoms with Gasteiger partial charge in [-0.1, -0.05) is 12.1 Å². The minimum atomic E-state index is -3.24. The van der Waals surface area contributed by atoms with Gasteiger partial charge in [0.15, 0.2) is 15.9 Å². The van der Waals surface area contributed by atoms with Crippen molar-refractivity contribution in [2.75, 3.05) is 6.26 Å². The minimum absolute atomic E-state index is 0.0723. The highest BCUT2D eigenvalue weighted by Crippen LogP contribution is 2.24. The highest BCUT2D eigenvalue weighted by Gasteiger charge is 2.20. The van der Waals surface area contributed by atoms with Gasteiger partial charge in [0.2, 0.25) is 5.78 Å². The Balaban J connectivity index is 1.72. The first-order valence-corrected chi connectivity index (χ1v) is 9.86. The molecule has 1 aliphatic rings. The highest BCUT2D eigenvalue weighted by molar-refractivity contribution is 7.90. The van der Waals surface area contributed by atoms with Crippen molar-refractivity contribution >= 4 is 15.6 Å². The summed E-state index contributed by atoms with van der Waals surface area (Å²) in [6.45, 7) is 1.71. The molecule has 5 heteroatoms. The Morgan fingerprint density at radius 1 is 1.04 bits per heavy atom. The SMILES string of the molecule is CC(Oc1ccc(S(C)(=O)=O)cc1)C(=O)c1ccc2c(c1)CCC2. The zero-order valence-corrected chi connectivity index (χ0v) is 14.6. The van der Waals surface area contributed by atoms with Gasteiger partial charge in [-0.3, -0.25) is 4.79 Å². The van der Waals surface area contributed by atoms with Gasteiger partial charge < -0.3 is 4.74 Å². The summed E-state index contributed by atoms with van der Waals surface area (Å²) in [4.78, 5) is 12.8. The average molecular weight is 344 g/mol. The van der Waals surface area contributed by atoms with E-state index in [1.165, 1.54) is 23.3 Å². The Labute approximate surface area is 142 Å². The number of hydrogen-bond donors (Lipinski definition) is 0. The molecule has 2 aromatic carbocycles. The third-order valence-electron chi connectivity index (χ3n) is 4.32. The summed E-state index contributed by atoms with van der Waals surface area (Å²) < 4.78 is 28.6. The summed E-state index contributed by atoms with van der Waals surface area (Å²) in [5, 5.41) is 0. The molecule has 126 valence electrons. The van der Waals surface area contributed by atoms with Gasteiger partial charge in [-0.15, -0.1) is 0 Å². The van der Waals surface area contributed by atoms with Gasteiger partial charge in [-0.2, -0.15) is 0 Å². The zero-order valence-electron chi connectivity index (χ0n) is 13.8. The van der Waals surface area contributed by atoms with Crippen molar-refractivity contribution in [3.05, 3.63) is 59.2 Å². The van der Waals surface area contributed by atoms with Gasteiger partial charge in [0, 0.05) is 11.8 Å². The molecule has 0 aliphatic heterocycles. The van der Waals surface area contributed by atoms with E-state index < -0.39 is 15.9 Å². The second kappa shape index (κ2) is 6.40. The lowest BCUT2D eigenvalue weighted by atomic mass is 10.0. The minimum Gasteiger partial charge on any atom is -0.483 e. The molecule has 0 N–H and O–H groups in total. The van der Waals surface area contributed by atoms with Crippen LogP contribution in [0.5, 0.6) is 5.75 Å². The molecule has 1 unspecified atom stereocenters. The van der Waals surface area contributed by atoms with E-state index in [-0.39, 0.29) is 10.7 Å². The molecule has 2 aromatic rings. The molecule has 24 heavy (non-hydrogen) atoms. The molecular formula is C19H20O4S. The van der Waals surface area contributed by atoms with E-state index in [1.807, 2.05) is 18.2 Å². The van der Waals surface area contributed by atoms with Crippen LogP contribution < -0.4 is 4.74 Å². The van der Waals surface area contributed by atoms with E-state index in [0.717, 1.165) is 25.5 Å². The molecule has 0 saturated carbocycles. The maximum Gasteiger partial charge on any atom is 0.203 e. The van der Waals surface area contributed by atoms with Crippen LogP contribution in [0, 0.1) is 0 Å². The molecule has 4 nitrogen and oxygen atoms in total. The highest BCUT2D eigenvalue weighted by atomic mass is 32.2. The predicted octanol–water partition coefficient (Wildman–Crippen LogP) is 3.23. The number of carbonyl (C=O) groups is 1. The average Bonchev–Trinajstić information content (AvgIpc) is 3.01. The van der Waals surface area contributed by atoms with E-state index >= 15 is 0 Å². The fraction of sp³-hybridized carbons (Fsp3) is 0.316. The standard InChI is InChI=1S/C19H20O4S/c1-13(23-17-8-10-18(11-9-17)24(2,21)22)19(20)16-7-6-14-4-3-5-15(14)12-16/h6-13H,3-5H2,1-2H3. The van der Waals surface area contributed by atoms with Crippen molar-refractivity contribution in [2.24, 2.45) is 0 Å². The van der Waals surface area contributed by atoms with Crippen molar-refractivity contribution < 1.29 is 17.9 Å². The van der Waals surface area contributed by atoms with E-state index in [9.17, 15) is 13.2 Å². The number of sulfone groups is 1. The Morgan fingerprint density at radius 2 is 1.71 bits per heavy atom. The number of ether oxygens (including phenoxy) is 1. The van der Waals surface area contributed by atoms with Gasteiger partial charge >= 0.3 is 0 Å². The Hall–Kier alpha value is -2.14. The summed E-state index contributed by atoms with van der Waals surface area (Å²) in [5.41, 5.74) is 3.25. The Kier molecular flexibility index (Phi) is 4.45. The molecule has 0 amide bonds. The lowest BCUT2D eigenvalue weighted by Crippen LogP contribution is -2.24. The van der Waals surface area contributed by atoms with E-state index in [4.69, 9.17) is 4.74 Å². The van der Waals surface area contributed by atoms with Crippen LogP contribution in [0.4, 0.5) is 0 Å². The van der Waals surface area contributed by atoms with Crippen LogP contribution >= 0.6 is 0 Å². The number of hydrogen-bond acceptors (Lipinski definition) is 4. The second-order valence-corrected chi connectivity index (χ2v) is 8.22. The fourth-order valence-corrected chi connectivity index (χ4v) is 3.61. The third kappa shape index (κ3) is 3.51. The van der Waals surface area contributed by atoms with E-state index in [0.29, 0.717) is 11.3 Å². The van der Waals surface area contributed by atoms with Crippen LogP contribution in [-0.4, -0.2) is 26.6 Å². The number of ketones is 1. The summed E-state index contributed by atoms with van der Waals surface area (Å²) in [5.74, 6) is 0.404. The molecule has 0 spiro atoms. The van der Waals surface area contributed by atoms with Gasteiger partial charge in [0.05, 0.1) is 4.90 Å². The largest absolute Gasteiger partial charge is 0.483 e. The van der Waals surface area contributed by atoms with Crippen molar-refractivity contribution in [1.29, 1.82) is 0 Å². The summed E-state index contributed by atoms with van der Waals surface area (Å²) in [6, 6.07) is 12.0. The molecule has 0 aromatic heterocycles. The number of aryl methyl sites for hydroxylation is 2. The molecule has 0 saturated heterocycles. The third-order valence-corrected chi connectivity index (χ3v) is 5.45. The first-order chi connectivity index (χ1) is 11.3. The van der Waals surface area contributed by atoms with Crippen molar-refractivity contribution in [2.45, 2.75) is 37.2 Å². The quantitative estimate of drug-likeness (QED) is 0.781. The van der Waals surface area contributed by atoms with Crippen molar-refractivity contribution in [1.82, 2.24) is 0 Å². The van der Waals surface area contributed by atoms with Gasteiger partial charge in [-0.25, -0.2) is 8.42 Å². The number of fused-ring (bicyclic) bond motifs is 1. The predicted molar refractivity (Wildman–Crippen MR) is 92.4 cm³/mol. The number of Topliss-reactive ketones (excluding diaryl/α,β-unsaturated/α-hetero) is 1. The normalized spacial score (nSPS) is 14.9. The van der Waals surface area contributed by atoms with Crippen LogP contribution in [0.25, 0.3) is 0 Å². The van der Waals surface area contributed by atoms with Crippen LogP contribution in [0.3, 0.4) is 0 Å². The van der Waals surface area contributed by atoms with Crippen LogP contribution in [0.1, 0.15) is 34.8 Å². The smallest absolute Gasteiger partial charge is 0.203 e. The number of carbonyl (C=O) groups excluding carboxylic acids is 1. The number of rotatable bonds is 5. The maximum absolute atomic E-state index is 12.6. The summed E-state index contributed by atoms with van der Waals surface area (Å²) >= 11 is 0. The first-order valence-electron chi connectivity index (χ1n) is 7.97. The van der Waals surface area contributed by atoms with Gasteiger partial charge in [0.25, 0.3) is 0 Å². The summed E-state index contributed by atoms with van der Waals surface area (Å²) in [7, 11) is -3.24. The van der Waals surface area contributed by atoms with Crippen LogP contribution in [-0.2, 0) is 22.7 Å². The number of benzene rings is 2. The molecule has 1 atom stereocenters. The van der Waals surface area contributed by atoms with E-state index in [2.05, 4.69) is 0 Å². The van der Waals surface area contributed by atoms with Crippen molar-refractivity contribution in [3.8, 4) is 5.75 Å². The maximum atomic E-state index is 12.6. The topological polar surface area (TPSA) is 60.4 Å². The van der Waals surface area contributed by atoms with E-state index in [1.54, 1.807) is 19.1 Å². The zero-order chi connectivity index (χ0) is 17.3. The molecule has 0 heterocycles. The van der Waals surface area contributed by atoms with Crippen molar-refractivity contribution in [3.63, 3.8) is 0 Å². The first kappa shape index (κ1) is 16.7. The molecular weight excluding hydrogens is 324 g/mol. The van der Waals surface area contributed by atoms with Gasteiger partial charge in [-0.05, 0) is 67.6 Å².